The van der Waals surface area contributed by atoms with Crippen molar-refractivity contribution in [1.82, 2.24) is 25.1 Å². The van der Waals surface area contributed by atoms with Gasteiger partial charge in [0.05, 0.1) is 24.1 Å². The zero-order valence-corrected chi connectivity index (χ0v) is 23.8. The van der Waals surface area contributed by atoms with Gasteiger partial charge in [0.2, 0.25) is 5.95 Å². The summed E-state index contributed by atoms with van der Waals surface area (Å²) < 4.78 is 5.25. The van der Waals surface area contributed by atoms with Crippen LogP contribution in [0.5, 0.6) is 0 Å². The molecule has 9 nitrogen and oxygen atoms in total. The molecular weight excluding hydrogens is 526 g/mol. The number of nitrogens with zero attached hydrogens (tertiary/aromatic N) is 4. The highest BCUT2D eigenvalue weighted by molar-refractivity contribution is 6.33. The minimum Gasteiger partial charge on any atom is -0.383 e. The lowest BCUT2D eigenvalue weighted by Gasteiger charge is -2.18. The predicted octanol–water partition coefficient (Wildman–Crippen LogP) is 4.49. The number of para-hydroxylation sites is 1. The van der Waals surface area contributed by atoms with Crippen LogP contribution in [0.25, 0.3) is 0 Å². The van der Waals surface area contributed by atoms with Crippen LogP contribution in [0.4, 0.5) is 23.1 Å². The number of fused-ring (bicyclic) bond motifs is 1. The number of carbonyl (C=O) groups is 1. The van der Waals surface area contributed by atoms with Crippen molar-refractivity contribution >= 4 is 40.6 Å². The van der Waals surface area contributed by atoms with E-state index in [1.54, 1.807) is 19.4 Å². The number of hydrogen-bond donors (Lipinski definition) is 3. The molecule has 2 aliphatic rings. The van der Waals surface area contributed by atoms with Crippen molar-refractivity contribution in [2.75, 3.05) is 70.2 Å². The number of likely N-dealkylation sites (tertiary alicyclic amines) is 1. The highest BCUT2D eigenvalue weighted by Gasteiger charge is 2.17. The molecule has 3 aromatic rings. The first kappa shape index (κ1) is 28.3. The quantitative estimate of drug-likeness (QED) is 0.314. The van der Waals surface area contributed by atoms with Crippen molar-refractivity contribution in [2.24, 2.45) is 0 Å². The maximum absolute atomic E-state index is 13.0. The second-order valence-electron chi connectivity index (χ2n) is 10.3. The second kappa shape index (κ2) is 13.9. The minimum absolute atomic E-state index is 0.128. The van der Waals surface area contributed by atoms with Gasteiger partial charge in [0, 0.05) is 45.5 Å². The van der Waals surface area contributed by atoms with Gasteiger partial charge >= 0.3 is 0 Å². The van der Waals surface area contributed by atoms with E-state index >= 15 is 0 Å². The molecule has 0 saturated carbocycles. The number of anilines is 4. The maximum atomic E-state index is 13.0. The molecule has 3 N–H and O–H groups in total. The van der Waals surface area contributed by atoms with Crippen LogP contribution in [0.15, 0.2) is 48.7 Å². The van der Waals surface area contributed by atoms with Crippen LogP contribution in [0, 0.1) is 0 Å². The highest BCUT2D eigenvalue weighted by Crippen LogP contribution is 2.28. The standard InChI is InChI=1S/C30H38ClN7O2/c1-40-19-18-38-15-10-22-8-9-24(20-23(22)11-16-38)34-30-33-21-26(31)28(36-30)35-27-7-3-2-6-25(27)29(39)32-12-17-37-13-4-5-14-37/h2-3,6-9,20-21H,4-5,10-19H2,1H3,(H,32,39)(H2,33,34,35,36). The van der Waals surface area contributed by atoms with Crippen LogP contribution in [-0.4, -0.2) is 85.2 Å². The van der Waals surface area contributed by atoms with Gasteiger partial charge in [-0.3, -0.25) is 4.79 Å². The fraction of sp³-hybridized carbons (Fsp3) is 0.433. The number of benzene rings is 2. The molecule has 0 aliphatic carbocycles. The van der Waals surface area contributed by atoms with Crippen LogP contribution in [-0.2, 0) is 17.6 Å². The molecule has 1 saturated heterocycles. The van der Waals surface area contributed by atoms with Crippen LogP contribution < -0.4 is 16.0 Å². The topological polar surface area (TPSA) is 94.7 Å². The van der Waals surface area contributed by atoms with Gasteiger partial charge in [0.15, 0.2) is 5.82 Å². The zero-order chi connectivity index (χ0) is 27.7. The summed E-state index contributed by atoms with van der Waals surface area (Å²) >= 11 is 6.47. The molecule has 0 spiro atoms. The SMILES string of the molecule is COCCN1CCc2ccc(Nc3ncc(Cl)c(Nc4ccccc4C(=O)NCCN4CCCC4)n3)cc2CC1. The fourth-order valence-corrected chi connectivity index (χ4v) is 5.42. The number of nitrogens with one attached hydrogen (secondary N) is 3. The Morgan fingerprint density at radius 2 is 1.75 bits per heavy atom. The number of hydrogen-bond acceptors (Lipinski definition) is 8. The first-order chi connectivity index (χ1) is 19.6. The van der Waals surface area contributed by atoms with Gasteiger partial charge in [-0.2, -0.15) is 4.98 Å². The Hall–Kier alpha value is -3.24. The van der Waals surface area contributed by atoms with Gasteiger partial charge in [0.1, 0.15) is 5.02 Å². The first-order valence-corrected chi connectivity index (χ1v) is 14.5. The minimum atomic E-state index is -0.128. The molecule has 212 valence electrons. The van der Waals surface area contributed by atoms with Gasteiger partial charge in [-0.05, 0) is 74.2 Å². The number of carbonyl (C=O) groups excluding carboxylic acids is 1. The number of rotatable bonds is 11. The lowest BCUT2D eigenvalue weighted by atomic mass is 10.0. The third kappa shape index (κ3) is 7.48. The third-order valence-electron chi connectivity index (χ3n) is 7.55. The van der Waals surface area contributed by atoms with Gasteiger partial charge in [-0.1, -0.05) is 29.8 Å². The number of amides is 1. The average Bonchev–Trinajstić information content (AvgIpc) is 3.40. The molecule has 2 aliphatic heterocycles. The maximum Gasteiger partial charge on any atom is 0.253 e. The summed E-state index contributed by atoms with van der Waals surface area (Å²) in [6.07, 6.45) is 6.04. The van der Waals surface area contributed by atoms with Gasteiger partial charge < -0.3 is 30.5 Å². The normalized spacial score (nSPS) is 15.8. The summed E-state index contributed by atoms with van der Waals surface area (Å²) in [5.41, 5.74) is 4.81. The second-order valence-corrected chi connectivity index (χ2v) is 10.7. The molecule has 3 heterocycles. The van der Waals surface area contributed by atoms with E-state index in [0.717, 1.165) is 64.4 Å². The molecule has 0 atom stereocenters. The van der Waals surface area contributed by atoms with Gasteiger partial charge in [-0.15, -0.1) is 0 Å². The third-order valence-corrected chi connectivity index (χ3v) is 7.83. The molecule has 2 aromatic carbocycles. The zero-order valence-electron chi connectivity index (χ0n) is 23.1. The van der Waals surface area contributed by atoms with Crippen molar-refractivity contribution < 1.29 is 9.53 Å². The van der Waals surface area contributed by atoms with Crippen LogP contribution in [0.3, 0.4) is 0 Å². The Morgan fingerprint density at radius 1 is 0.975 bits per heavy atom. The lowest BCUT2D eigenvalue weighted by Crippen LogP contribution is -2.33. The lowest BCUT2D eigenvalue weighted by molar-refractivity contribution is 0.0950. The smallest absolute Gasteiger partial charge is 0.253 e. The van der Waals surface area contributed by atoms with E-state index in [2.05, 4.69) is 53.9 Å². The fourth-order valence-electron chi connectivity index (χ4n) is 5.28. The number of methoxy groups -OCH3 is 1. The Morgan fingerprint density at radius 3 is 2.58 bits per heavy atom. The highest BCUT2D eigenvalue weighted by atomic mass is 35.5. The van der Waals surface area contributed by atoms with Crippen LogP contribution in [0.2, 0.25) is 5.02 Å². The molecule has 10 heteroatoms. The molecular formula is C30H38ClN7O2. The first-order valence-electron chi connectivity index (χ1n) is 14.1. The predicted molar refractivity (Wildman–Crippen MR) is 160 cm³/mol. The summed E-state index contributed by atoms with van der Waals surface area (Å²) in [5, 5.41) is 9.99. The van der Waals surface area contributed by atoms with Gasteiger partial charge in [-0.25, -0.2) is 4.98 Å². The Labute approximate surface area is 241 Å². The molecule has 0 unspecified atom stereocenters. The molecule has 5 rings (SSSR count). The largest absolute Gasteiger partial charge is 0.383 e. The van der Waals surface area contributed by atoms with Crippen molar-refractivity contribution in [3.63, 3.8) is 0 Å². The van der Waals surface area contributed by atoms with Crippen molar-refractivity contribution in [3.8, 4) is 0 Å². The number of ether oxygens (including phenoxy) is 1. The van der Waals surface area contributed by atoms with E-state index in [0.29, 0.717) is 34.6 Å². The van der Waals surface area contributed by atoms with E-state index in [1.165, 1.54) is 24.0 Å². The monoisotopic (exact) mass is 563 g/mol. The number of halogens is 1. The van der Waals surface area contributed by atoms with E-state index in [4.69, 9.17) is 16.3 Å². The molecule has 1 aromatic heterocycles. The van der Waals surface area contributed by atoms with E-state index < -0.39 is 0 Å². The van der Waals surface area contributed by atoms with Crippen molar-refractivity contribution in [3.05, 3.63) is 70.4 Å². The van der Waals surface area contributed by atoms with Crippen LogP contribution in [0.1, 0.15) is 34.3 Å². The molecule has 1 fully saturated rings. The van der Waals surface area contributed by atoms with Gasteiger partial charge in [0.25, 0.3) is 5.91 Å². The van der Waals surface area contributed by atoms with Crippen molar-refractivity contribution in [1.29, 1.82) is 0 Å². The molecule has 0 bridgehead atoms. The molecule has 1 amide bonds. The Kier molecular flexibility index (Phi) is 9.83. The summed E-state index contributed by atoms with van der Waals surface area (Å²) in [6.45, 7) is 7.44. The summed E-state index contributed by atoms with van der Waals surface area (Å²) in [7, 11) is 1.75. The Bertz CT molecular complexity index is 1300. The number of aromatic nitrogens is 2. The Balaban J connectivity index is 1.24. The van der Waals surface area contributed by atoms with E-state index in [1.807, 2.05) is 18.2 Å². The summed E-state index contributed by atoms with van der Waals surface area (Å²) in [4.78, 5) is 26.8. The molecule has 40 heavy (non-hydrogen) atoms. The van der Waals surface area contributed by atoms with Crippen molar-refractivity contribution in [2.45, 2.75) is 25.7 Å². The average molecular weight is 564 g/mol. The van der Waals surface area contributed by atoms with E-state index in [-0.39, 0.29) is 5.91 Å². The summed E-state index contributed by atoms with van der Waals surface area (Å²) in [5.74, 6) is 0.728. The van der Waals surface area contributed by atoms with Crippen LogP contribution >= 0.6 is 11.6 Å². The summed E-state index contributed by atoms with van der Waals surface area (Å²) in [6, 6.07) is 13.8. The molecule has 0 radical (unpaired) electrons. The van der Waals surface area contributed by atoms with E-state index in [9.17, 15) is 4.79 Å².